The summed E-state index contributed by atoms with van der Waals surface area (Å²) in [5.74, 6) is -2.90. The fraction of sp³-hybridized carbons (Fsp3) is 0.0714. The molecule has 0 heterocycles. The number of hydrogen-bond acceptors (Lipinski definition) is 2. The van der Waals surface area contributed by atoms with Crippen LogP contribution in [0.5, 0.6) is 0 Å². The molecule has 1 unspecified atom stereocenters. The van der Waals surface area contributed by atoms with E-state index in [4.69, 9.17) is 23.2 Å². The van der Waals surface area contributed by atoms with Gasteiger partial charge in [-0.05, 0) is 36.4 Å². The minimum Gasteiger partial charge on any atom is -0.293 e. The van der Waals surface area contributed by atoms with E-state index in [0.717, 1.165) is 18.2 Å². The van der Waals surface area contributed by atoms with Gasteiger partial charge in [0.25, 0.3) is 0 Å². The lowest BCUT2D eigenvalue weighted by molar-refractivity contribution is 0.101. The first-order valence-electron chi connectivity index (χ1n) is 5.70. The molecule has 0 radical (unpaired) electrons. The summed E-state index contributed by atoms with van der Waals surface area (Å²) in [4.78, 5) is 12.1. The Kier molecular flexibility index (Phi) is 5.08. The van der Waals surface area contributed by atoms with Gasteiger partial charge >= 0.3 is 0 Å². The number of Topliss-reactive ketones (excluding diaryl/α,β-unsaturated/α-hetero) is 1. The maximum atomic E-state index is 13.5. The summed E-state index contributed by atoms with van der Waals surface area (Å²) in [6, 6.07) is 6.85. The van der Waals surface area contributed by atoms with Crippen LogP contribution in [0.15, 0.2) is 41.3 Å². The molecule has 2 aromatic carbocycles. The van der Waals surface area contributed by atoms with Gasteiger partial charge in [0.05, 0.1) is 32.0 Å². The van der Waals surface area contributed by atoms with Crippen molar-refractivity contribution in [3.05, 3.63) is 63.6 Å². The van der Waals surface area contributed by atoms with Crippen LogP contribution in [0.1, 0.15) is 10.4 Å². The maximum Gasteiger partial charge on any atom is 0.178 e. The van der Waals surface area contributed by atoms with Crippen molar-refractivity contribution in [2.24, 2.45) is 0 Å². The fourth-order valence-corrected chi connectivity index (χ4v) is 3.34. The van der Waals surface area contributed by atoms with E-state index in [1.54, 1.807) is 0 Å². The van der Waals surface area contributed by atoms with Crippen LogP contribution in [-0.2, 0) is 10.8 Å². The second-order valence-electron chi connectivity index (χ2n) is 4.11. The van der Waals surface area contributed by atoms with E-state index in [0.29, 0.717) is 5.02 Å². The standard InChI is InChI=1S/C14H8Cl2F2O2S/c15-8-1-3-11(16)14(5-8)21(20)7-13(19)10-6-9(17)2-4-12(10)18/h1-6H,7H2. The molecular weight excluding hydrogens is 341 g/mol. The topological polar surface area (TPSA) is 34.1 Å². The molecule has 0 bridgehead atoms. The number of rotatable bonds is 4. The predicted octanol–water partition coefficient (Wildman–Crippen LogP) is 4.26. The molecule has 2 rings (SSSR count). The molecule has 0 N–H and O–H groups in total. The number of benzene rings is 2. The van der Waals surface area contributed by atoms with Gasteiger partial charge in [0.15, 0.2) is 5.78 Å². The van der Waals surface area contributed by atoms with Gasteiger partial charge in [-0.2, -0.15) is 0 Å². The normalized spacial score (nSPS) is 12.2. The van der Waals surface area contributed by atoms with E-state index >= 15 is 0 Å². The molecule has 0 aromatic heterocycles. The lowest BCUT2D eigenvalue weighted by Crippen LogP contribution is -2.13. The van der Waals surface area contributed by atoms with Crippen LogP contribution < -0.4 is 0 Å². The highest BCUT2D eigenvalue weighted by molar-refractivity contribution is 7.86. The van der Waals surface area contributed by atoms with Crippen LogP contribution in [0.25, 0.3) is 0 Å². The number of halogens is 4. The van der Waals surface area contributed by atoms with Crippen LogP contribution >= 0.6 is 23.2 Å². The van der Waals surface area contributed by atoms with Gasteiger partial charge < -0.3 is 0 Å². The lowest BCUT2D eigenvalue weighted by atomic mass is 10.1. The Morgan fingerprint density at radius 1 is 1.10 bits per heavy atom. The first kappa shape index (κ1) is 16.1. The van der Waals surface area contributed by atoms with Crippen LogP contribution in [0.2, 0.25) is 10.0 Å². The Balaban J connectivity index is 2.25. The molecule has 21 heavy (non-hydrogen) atoms. The molecule has 0 aliphatic heterocycles. The number of carbonyl (C=O) groups is 1. The second-order valence-corrected chi connectivity index (χ2v) is 6.38. The fourth-order valence-electron chi connectivity index (χ4n) is 1.64. The van der Waals surface area contributed by atoms with Crippen molar-refractivity contribution < 1.29 is 17.8 Å². The molecule has 2 aromatic rings. The predicted molar refractivity (Wildman–Crippen MR) is 78.4 cm³/mol. The van der Waals surface area contributed by atoms with E-state index < -0.39 is 39.5 Å². The summed E-state index contributed by atoms with van der Waals surface area (Å²) in [5, 5.41) is 0.498. The number of ketones is 1. The zero-order valence-electron chi connectivity index (χ0n) is 10.4. The molecule has 2 nitrogen and oxygen atoms in total. The Morgan fingerprint density at radius 2 is 1.81 bits per heavy atom. The third kappa shape index (κ3) is 3.87. The zero-order chi connectivity index (χ0) is 15.6. The Morgan fingerprint density at radius 3 is 2.52 bits per heavy atom. The van der Waals surface area contributed by atoms with Crippen molar-refractivity contribution in [2.45, 2.75) is 4.90 Å². The Labute approximate surface area is 132 Å². The quantitative estimate of drug-likeness (QED) is 0.773. The molecule has 0 fully saturated rings. The van der Waals surface area contributed by atoms with Crippen molar-refractivity contribution in [1.82, 2.24) is 0 Å². The van der Waals surface area contributed by atoms with Crippen molar-refractivity contribution in [3.63, 3.8) is 0 Å². The molecule has 7 heteroatoms. The summed E-state index contributed by atoms with van der Waals surface area (Å²) in [7, 11) is -1.81. The molecule has 0 aliphatic carbocycles. The van der Waals surface area contributed by atoms with Gasteiger partial charge in [0, 0.05) is 5.02 Å². The third-order valence-electron chi connectivity index (χ3n) is 2.63. The van der Waals surface area contributed by atoms with Crippen molar-refractivity contribution in [2.75, 3.05) is 5.75 Å². The highest BCUT2D eigenvalue weighted by Gasteiger charge is 2.18. The average Bonchev–Trinajstić information content (AvgIpc) is 2.43. The molecule has 0 amide bonds. The number of carbonyl (C=O) groups excluding carboxylic acids is 1. The third-order valence-corrected chi connectivity index (χ3v) is 4.66. The van der Waals surface area contributed by atoms with E-state index in [9.17, 15) is 17.8 Å². The van der Waals surface area contributed by atoms with E-state index in [1.165, 1.54) is 18.2 Å². The van der Waals surface area contributed by atoms with Gasteiger partial charge in [-0.25, -0.2) is 8.78 Å². The number of hydrogen-bond donors (Lipinski definition) is 0. The van der Waals surface area contributed by atoms with Gasteiger partial charge in [-0.3, -0.25) is 9.00 Å². The van der Waals surface area contributed by atoms with Gasteiger partial charge in [0.2, 0.25) is 0 Å². The Bertz CT molecular complexity index is 673. The maximum absolute atomic E-state index is 13.5. The lowest BCUT2D eigenvalue weighted by Gasteiger charge is -2.06. The van der Waals surface area contributed by atoms with Crippen LogP contribution in [-0.4, -0.2) is 15.7 Å². The van der Waals surface area contributed by atoms with Crippen molar-refractivity contribution in [3.8, 4) is 0 Å². The van der Waals surface area contributed by atoms with Gasteiger partial charge in [-0.1, -0.05) is 23.2 Å². The minimum atomic E-state index is -1.81. The van der Waals surface area contributed by atoms with Crippen molar-refractivity contribution >= 4 is 39.8 Å². The van der Waals surface area contributed by atoms with Crippen LogP contribution in [0.3, 0.4) is 0 Å². The average molecular weight is 349 g/mol. The van der Waals surface area contributed by atoms with E-state index in [1.807, 2.05) is 0 Å². The van der Waals surface area contributed by atoms with Gasteiger partial charge in [-0.15, -0.1) is 0 Å². The molecular formula is C14H8Cl2F2O2S. The zero-order valence-corrected chi connectivity index (χ0v) is 12.7. The summed E-state index contributed by atoms with van der Waals surface area (Å²) in [6.45, 7) is 0. The minimum absolute atomic E-state index is 0.175. The summed E-state index contributed by atoms with van der Waals surface area (Å²) < 4.78 is 38.7. The Hall–Kier alpha value is -1.30. The first-order valence-corrected chi connectivity index (χ1v) is 7.77. The highest BCUT2D eigenvalue weighted by atomic mass is 35.5. The molecule has 0 aliphatic rings. The summed E-state index contributed by atoms with van der Waals surface area (Å²) in [5.41, 5.74) is -0.443. The van der Waals surface area contributed by atoms with Gasteiger partial charge in [0.1, 0.15) is 11.6 Å². The molecule has 1 atom stereocenters. The summed E-state index contributed by atoms with van der Waals surface area (Å²) >= 11 is 11.7. The monoisotopic (exact) mass is 348 g/mol. The van der Waals surface area contributed by atoms with E-state index in [2.05, 4.69) is 0 Å². The van der Waals surface area contributed by atoms with Crippen LogP contribution in [0.4, 0.5) is 8.78 Å². The largest absolute Gasteiger partial charge is 0.293 e. The van der Waals surface area contributed by atoms with Crippen LogP contribution in [0, 0.1) is 11.6 Å². The highest BCUT2D eigenvalue weighted by Crippen LogP contribution is 2.24. The molecule has 110 valence electrons. The SMILES string of the molecule is O=C(CS(=O)c1cc(Cl)ccc1Cl)c1cc(F)ccc1F. The second kappa shape index (κ2) is 6.64. The molecule has 0 saturated heterocycles. The molecule has 0 spiro atoms. The first-order chi connectivity index (χ1) is 9.88. The van der Waals surface area contributed by atoms with E-state index in [-0.39, 0.29) is 9.92 Å². The summed E-state index contributed by atoms with van der Waals surface area (Å²) in [6.07, 6.45) is 0. The smallest absolute Gasteiger partial charge is 0.178 e. The molecule has 0 saturated carbocycles. The van der Waals surface area contributed by atoms with Crippen molar-refractivity contribution in [1.29, 1.82) is 0 Å².